The molecule has 0 aliphatic carbocycles. The summed E-state index contributed by atoms with van der Waals surface area (Å²) < 4.78 is 0. The number of amides is 4. The van der Waals surface area contributed by atoms with Gasteiger partial charge >= 0.3 is 12.1 Å². The normalized spacial score (nSPS) is 15.0. The Kier molecular flexibility index (Phi) is 5.00. The van der Waals surface area contributed by atoms with Crippen LogP contribution in [0.1, 0.15) is 18.4 Å². The second-order valence-corrected chi connectivity index (χ2v) is 6.51. The molecule has 1 aliphatic heterocycles. The van der Waals surface area contributed by atoms with Crippen molar-refractivity contribution in [2.45, 2.75) is 12.8 Å². The van der Waals surface area contributed by atoms with Crippen LogP contribution >= 0.6 is 11.3 Å². The minimum absolute atomic E-state index is 0.110. The largest absolute Gasteiger partial charge is 0.337 e. The van der Waals surface area contributed by atoms with E-state index < -0.39 is 0 Å². The van der Waals surface area contributed by atoms with E-state index in [0.29, 0.717) is 25.3 Å². The second-order valence-electron chi connectivity index (χ2n) is 5.73. The van der Waals surface area contributed by atoms with Crippen molar-refractivity contribution in [1.82, 2.24) is 10.6 Å². The Morgan fingerprint density at radius 3 is 3.00 bits per heavy atom. The van der Waals surface area contributed by atoms with Crippen LogP contribution < -0.4 is 20.9 Å². The summed E-state index contributed by atoms with van der Waals surface area (Å²) in [6.45, 7) is 3.91. The van der Waals surface area contributed by atoms with Crippen LogP contribution in [0.25, 0.3) is 0 Å². The zero-order chi connectivity index (χ0) is 16.9. The summed E-state index contributed by atoms with van der Waals surface area (Å²) in [7, 11) is 0. The van der Waals surface area contributed by atoms with Crippen LogP contribution in [-0.2, 0) is 0 Å². The number of urea groups is 2. The predicted octanol–water partition coefficient (Wildman–Crippen LogP) is 3.20. The molecule has 1 aromatic carbocycles. The van der Waals surface area contributed by atoms with Crippen LogP contribution in [0.15, 0.2) is 41.1 Å². The van der Waals surface area contributed by atoms with Gasteiger partial charge in [0.25, 0.3) is 0 Å². The Bertz CT molecular complexity index is 717. The average molecular weight is 344 g/mol. The summed E-state index contributed by atoms with van der Waals surface area (Å²) in [5.41, 5.74) is 2.66. The van der Waals surface area contributed by atoms with Gasteiger partial charge in [-0.25, -0.2) is 9.59 Å². The molecule has 6 nitrogen and oxygen atoms in total. The topological polar surface area (TPSA) is 73.5 Å². The van der Waals surface area contributed by atoms with Gasteiger partial charge in [0.2, 0.25) is 0 Å². The molecule has 1 saturated heterocycles. The molecule has 4 amide bonds. The van der Waals surface area contributed by atoms with E-state index in [1.165, 1.54) is 5.56 Å². The molecule has 2 heterocycles. The van der Waals surface area contributed by atoms with Crippen molar-refractivity contribution in [2.24, 2.45) is 0 Å². The molecule has 0 radical (unpaired) electrons. The first-order valence-corrected chi connectivity index (χ1v) is 8.80. The fourth-order valence-corrected chi connectivity index (χ4v) is 3.35. The van der Waals surface area contributed by atoms with E-state index in [1.807, 2.05) is 17.5 Å². The number of anilines is 2. The summed E-state index contributed by atoms with van der Waals surface area (Å²) in [4.78, 5) is 25.4. The van der Waals surface area contributed by atoms with Gasteiger partial charge in [-0.2, -0.15) is 11.3 Å². The van der Waals surface area contributed by atoms with E-state index in [4.69, 9.17) is 0 Å². The van der Waals surface area contributed by atoms with Gasteiger partial charge < -0.3 is 16.0 Å². The molecule has 0 saturated carbocycles. The van der Waals surface area contributed by atoms with E-state index in [1.54, 1.807) is 28.4 Å². The lowest BCUT2D eigenvalue weighted by atomic mass is 10.1. The van der Waals surface area contributed by atoms with Gasteiger partial charge in [-0.15, -0.1) is 0 Å². The van der Waals surface area contributed by atoms with Gasteiger partial charge in [-0.05, 0) is 46.5 Å². The fraction of sp³-hybridized carbons (Fsp3) is 0.294. The van der Waals surface area contributed by atoms with E-state index in [-0.39, 0.29) is 18.0 Å². The SMILES string of the molecule is C[C@H](CNC(=O)Nc1cccc(N2CCNC2=O)c1)c1ccsc1. The molecule has 0 unspecified atom stereocenters. The number of carbonyl (C=O) groups is 2. The van der Waals surface area contributed by atoms with Crippen LogP contribution in [0.3, 0.4) is 0 Å². The third-order valence-corrected chi connectivity index (χ3v) is 4.65. The van der Waals surface area contributed by atoms with Crippen molar-refractivity contribution in [1.29, 1.82) is 0 Å². The lowest BCUT2D eigenvalue weighted by Crippen LogP contribution is -2.32. The standard InChI is InChI=1S/C17H20N4O2S/c1-12(13-5-8-24-11-13)10-19-16(22)20-14-3-2-4-15(9-14)21-7-6-18-17(21)23/h2-5,8-9,11-12H,6-7,10H2,1H3,(H,18,23)(H2,19,20,22)/t12-/m1/s1. The first kappa shape index (κ1) is 16.3. The van der Waals surface area contributed by atoms with E-state index in [0.717, 1.165) is 5.69 Å². The van der Waals surface area contributed by atoms with Crippen LogP contribution in [-0.4, -0.2) is 31.7 Å². The highest BCUT2D eigenvalue weighted by molar-refractivity contribution is 7.07. The van der Waals surface area contributed by atoms with Crippen LogP contribution in [0.4, 0.5) is 21.0 Å². The highest BCUT2D eigenvalue weighted by Crippen LogP contribution is 2.21. The Morgan fingerprint density at radius 1 is 1.42 bits per heavy atom. The number of rotatable bonds is 5. The van der Waals surface area contributed by atoms with Gasteiger partial charge in [0.15, 0.2) is 0 Å². The third-order valence-electron chi connectivity index (χ3n) is 3.95. The maximum Gasteiger partial charge on any atom is 0.321 e. The molecular weight excluding hydrogens is 324 g/mol. The van der Waals surface area contributed by atoms with E-state index >= 15 is 0 Å². The van der Waals surface area contributed by atoms with E-state index in [2.05, 4.69) is 34.3 Å². The number of thiophene rings is 1. The van der Waals surface area contributed by atoms with E-state index in [9.17, 15) is 9.59 Å². The Labute approximate surface area is 144 Å². The summed E-state index contributed by atoms with van der Waals surface area (Å²) in [5, 5.41) is 12.6. The molecule has 3 N–H and O–H groups in total. The molecule has 0 bridgehead atoms. The van der Waals surface area contributed by atoms with Gasteiger partial charge in [-0.1, -0.05) is 13.0 Å². The van der Waals surface area contributed by atoms with Gasteiger partial charge in [0.1, 0.15) is 0 Å². The minimum Gasteiger partial charge on any atom is -0.337 e. The molecule has 1 aromatic heterocycles. The van der Waals surface area contributed by atoms with Crippen molar-refractivity contribution in [3.63, 3.8) is 0 Å². The first-order chi connectivity index (χ1) is 11.6. The maximum atomic E-state index is 12.1. The monoisotopic (exact) mass is 344 g/mol. The Hall–Kier alpha value is -2.54. The predicted molar refractivity (Wildman–Crippen MR) is 96.9 cm³/mol. The van der Waals surface area contributed by atoms with Crippen LogP contribution in [0.5, 0.6) is 0 Å². The minimum atomic E-state index is -0.250. The van der Waals surface area contributed by atoms with Crippen molar-refractivity contribution >= 4 is 34.8 Å². The third kappa shape index (κ3) is 3.86. The molecule has 7 heteroatoms. The number of benzene rings is 1. The van der Waals surface area contributed by atoms with Crippen molar-refractivity contribution in [3.05, 3.63) is 46.7 Å². The van der Waals surface area contributed by atoms with Gasteiger partial charge in [0.05, 0.1) is 0 Å². The summed E-state index contributed by atoms with van der Waals surface area (Å²) in [5.74, 6) is 0.265. The molecule has 0 spiro atoms. The Balaban J connectivity index is 1.55. The number of hydrogen-bond donors (Lipinski definition) is 3. The summed E-state index contributed by atoms with van der Waals surface area (Å²) in [6, 6.07) is 8.99. The summed E-state index contributed by atoms with van der Waals surface area (Å²) in [6.07, 6.45) is 0. The zero-order valence-corrected chi connectivity index (χ0v) is 14.2. The molecule has 3 rings (SSSR count). The molecule has 1 fully saturated rings. The van der Waals surface area contributed by atoms with Gasteiger partial charge in [-0.3, -0.25) is 4.90 Å². The smallest absolute Gasteiger partial charge is 0.321 e. The highest BCUT2D eigenvalue weighted by atomic mass is 32.1. The van der Waals surface area contributed by atoms with Gasteiger partial charge in [0, 0.05) is 31.0 Å². The summed E-state index contributed by atoms with van der Waals surface area (Å²) >= 11 is 1.65. The van der Waals surface area contributed by atoms with Crippen LogP contribution in [0.2, 0.25) is 0 Å². The average Bonchev–Trinajstić information content (AvgIpc) is 3.24. The highest BCUT2D eigenvalue weighted by Gasteiger charge is 2.21. The molecule has 126 valence electrons. The van der Waals surface area contributed by atoms with Crippen LogP contribution in [0, 0.1) is 0 Å². The number of nitrogens with zero attached hydrogens (tertiary/aromatic N) is 1. The second kappa shape index (κ2) is 7.35. The molecule has 24 heavy (non-hydrogen) atoms. The molecule has 1 atom stereocenters. The molecular formula is C17H20N4O2S. The maximum absolute atomic E-state index is 12.1. The van der Waals surface area contributed by atoms with Crippen molar-refractivity contribution in [3.8, 4) is 0 Å². The lowest BCUT2D eigenvalue weighted by Gasteiger charge is -2.16. The zero-order valence-electron chi connectivity index (χ0n) is 13.4. The van der Waals surface area contributed by atoms with Crippen molar-refractivity contribution in [2.75, 3.05) is 29.9 Å². The fourth-order valence-electron chi connectivity index (χ4n) is 2.56. The number of carbonyl (C=O) groups excluding carboxylic acids is 2. The molecule has 2 aromatic rings. The number of nitrogens with one attached hydrogen (secondary N) is 3. The molecule has 1 aliphatic rings. The quantitative estimate of drug-likeness (QED) is 0.779. The first-order valence-electron chi connectivity index (χ1n) is 7.86. The Morgan fingerprint density at radius 2 is 2.29 bits per heavy atom. The van der Waals surface area contributed by atoms with Crippen molar-refractivity contribution < 1.29 is 9.59 Å². The lowest BCUT2D eigenvalue weighted by molar-refractivity contribution is 0.251. The number of hydrogen-bond acceptors (Lipinski definition) is 3.